The number of nitrogens with zero attached hydrogens (tertiary/aromatic N) is 5. The third-order valence-electron chi connectivity index (χ3n) is 6.77. The molecule has 3 heterocycles. The fraction of sp³-hybridized carbons (Fsp3) is 0.379. The first-order chi connectivity index (χ1) is 19.1. The topological polar surface area (TPSA) is 112 Å². The monoisotopic (exact) mass is 544 g/mol. The first-order valence-corrected chi connectivity index (χ1v) is 14.2. The first kappa shape index (κ1) is 26.7. The predicted octanol–water partition coefficient (Wildman–Crippen LogP) is 6.95. The summed E-state index contributed by atoms with van der Waals surface area (Å²) in [6, 6.07) is 8.05. The van der Waals surface area contributed by atoms with Crippen molar-refractivity contribution in [1.29, 1.82) is 0 Å². The van der Waals surface area contributed by atoms with E-state index in [1.165, 1.54) is 43.4 Å². The van der Waals surface area contributed by atoms with Crippen molar-refractivity contribution in [2.24, 2.45) is 5.92 Å². The molecule has 3 aromatic heterocycles. The highest BCUT2D eigenvalue weighted by Gasteiger charge is 2.17. The van der Waals surface area contributed by atoms with Gasteiger partial charge in [-0.15, -0.1) is 0 Å². The van der Waals surface area contributed by atoms with Gasteiger partial charge in [0.05, 0.1) is 35.7 Å². The van der Waals surface area contributed by atoms with Crippen LogP contribution < -0.4 is 10.1 Å². The van der Waals surface area contributed by atoms with Crippen LogP contribution in [0.25, 0.3) is 33.3 Å². The summed E-state index contributed by atoms with van der Waals surface area (Å²) in [5, 5.41) is 3.07. The highest BCUT2D eigenvalue weighted by molar-refractivity contribution is 7.19. The Morgan fingerprint density at radius 3 is 2.67 bits per heavy atom. The molecule has 0 unspecified atom stereocenters. The number of ether oxygens (including phenoxy) is 2. The summed E-state index contributed by atoms with van der Waals surface area (Å²) in [5.74, 6) is 2.04. The van der Waals surface area contributed by atoms with Crippen LogP contribution in [0.15, 0.2) is 49.1 Å². The second-order valence-electron chi connectivity index (χ2n) is 9.55. The number of carbonyl (C=O) groups is 1. The number of amides is 1. The smallest absolute Gasteiger partial charge is 0.413 e. The van der Waals surface area contributed by atoms with Gasteiger partial charge in [0, 0.05) is 24.2 Å². The van der Waals surface area contributed by atoms with E-state index in [0.29, 0.717) is 29.0 Å². The molecule has 9 nitrogen and oxygen atoms in total. The minimum Gasteiger partial charge on any atom is -0.494 e. The maximum Gasteiger partial charge on any atom is 0.413 e. The normalized spacial score (nSPS) is 13.7. The summed E-state index contributed by atoms with van der Waals surface area (Å²) in [6.45, 7) is 4.80. The summed E-state index contributed by atoms with van der Waals surface area (Å²) in [4.78, 5) is 35.2. The van der Waals surface area contributed by atoms with Gasteiger partial charge in [-0.05, 0) is 49.9 Å². The van der Waals surface area contributed by atoms with Gasteiger partial charge in [0.2, 0.25) is 0 Å². The van der Waals surface area contributed by atoms with Gasteiger partial charge in [-0.25, -0.2) is 24.7 Å². The third-order valence-corrected chi connectivity index (χ3v) is 7.70. The van der Waals surface area contributed by atoms with Crippen molar-refractivity contribution in [2.45, 2.75) is 52.4 Å². The van der Waals surface area contributed by atoms with Gasteiger partial charge in [-0.3, -0.25) is 10.3 Å². The highest BCUT2D eigenvalue weighted by atomic mass is 32.1. The summed E-state index contributed by atoms with van der Waals surface area (Å²) >= 11 is 1.31. The van der Waals surface area contributed by atoms with Crippen molar-refractivity contribution in [3.05, 3.63) is 54.6 Å². The van der Waals surface area contributed by atoms with Gasteiger partial charge in [0.25, 0.3) is 0 Å². The average Bonchev–Trinajstić information content (AvgIpc) is 3.43. The van der Waals surface area contributed by atoms with Crippen molar-refractivity contribution in [3.8, 4) is 39.1 Å². The number of rotatable bonds is 9. The highest BCUT2D eigenvalue weighted by Crippen LogP contribution is 2.34. The summed E-state index contributed by atoms with van der Waals surface area (Å²) < 4.78 is 11.2. The molecule has 1 fully saturated rings. The van der Waals surface area contributed by atoms with Crippen LogP contribution in [0.2, 0.25) is 0 Å². The van der Waals surface area contributed by atoms with E-state index in [-0.39, 0.29) is 6.61 Å². The zero-order valence-corrected chi connectivity index (χ0v) is 23.0. The minimum atomic E-state index is -0.544. The molecule has 0 spiro atoms. The van der Waals surface area contributed by atoms with Gasteiger partial charge in [0.1, 0.15) is 11.4 Å². The fourth-order valence-electron chi connectivity index (χ4n) is 4.73. The van der Waals surface area contributed by atoms with E-state index in [2.05, 4.69) is 33.3 Å². The standard InChI is InChI=1S/C29H32N6O3S/c1-3-37-29(36)35-28-32-18-26(39-28)24-16-23(33-27(34-24)25-17-30-12-13-31-25)22-15-21(10-9-19(22)2)38-14-11-20-7-5-4-6-8-20/h9-10,12-13,15-18,20H,3-8,11,14H2,1-2H3,(H,32,35,36). The Balaban J connectivity index is 1.44. The molecule has 10 heteroatoms. The zero-order valence-electron chi connectivity index (χ0n) is 22.2. The Kier molecular flexibility index (Phi) is 8.72. The molecule has 0 bridgehead atoms. The number of hydrogen-bond donors (Lipinski definition) is 1. The Morgan fingerprint density at radius 2 is 1.87 bits per heavy atom. The van der Waals surface area contributed by atoms with Crippen LogP contribution in [-0.2, 0) is 4.74 Å². The van der Waals surface area contributed by atoms with Gasteiger partial charge in [-0.2, -0.15) is 0 Å². The third kappa shape index (κ3) is 6.94. The molecular formula is C29H32N6O3S. The molecular weight excluding hydrogens is 512 g/mol. The number of carbonyl (C=O) groups excluding carboxylic acids is 1. The number of hydrogen-bond acceptors (Lipinski definition) is 9. The van der Waals surface area contributed by atoms with E-state index < -0.39 is 6.09 Å². The Bertz CT molecular complexity index is 1410. The van der Waals surface area contributed by atoms with E-state index >= 15 is 0 Å². The molecule has 1 aliphatic rings. The van der Waals surface area contributed by atoms with Gasteiger partial charge in [0.15, 0.2) is 11.0 Å². The Hall–Kier alpha value is -3.92. The van der Waals surface area contributed by atoms with E-state index in [4.69, 9.17) is 19.4 Å². The maximum absolute atomic E-state index is 11.9. The number of benzene rings is 1. The Labute approximate surface area is 232 Å². The zero-order chi connectivity index (χ0) is 27.0. The van der Waals surface area contributed by atoms with Gasteiger partial charge < -0.3 is 9.47 Å². The lowest BCUT2D eigenvalue weighted by molar-refractivity contribution is 0.168. The van der Waals surface area contributed by atoms with Crippen LogP contribution >= 0.6 is 11.3 Å². The van der Waals surface area contributed by atoms with Crippen LogP contribution in [0.3, 0.4) is 0 Å². The molecule has 5 rings (SSSR count). The summed E-state index contributed by atoms with van der Waals surface area (Å²) in [5.41, 5.74) is 3.99. The van der Waals surface area contributed by atoms with Crippen molar-refractivity contribution < 1.29 is 14.3 Å². The quantitative estimate of drug-likeness (QED) is 0.241. The van der Waals surface area contributed by atoms with Crippen LogP contribution in [0.5, 0.6) is 5.75 Å². The number of aromatic nitrogens is 5. The molecule has 202 valence electrons. The van der Waals surface area contributed by atoms with Crippen molar-refractivity contribution in [2.75, 3.05) is 18.5 Å². The molecule has 39 heavy (non-hydrogen) atoms. The number of nitrogens with one attached hydrogen (secondary N) is 1. The molecule has 4 aromatic rings. The average molecular weight is 545 g/mol. The largest absolute Gasteiger partial charge is 0.494 e. The molecule has 0 radical (unpaired) electrons. The minimum absolute atomic E-state index is 0.281. The van der Waals surface area contributed by atoms with Crippen molar-refractivity contribution >= 4 is 22.6 Å². The molecule has 0 atom stereocenters. The second kappa shape index (κ2) is 12.8. The molecule has 1 N–H and O–H groups in total. The van der Waals surface area contributed by atoms with Crippen molar-refractivity contribution in [1.82, 2.24) is 24.9 Å². The summed E-state index contributed by atoms with van der Waals surface area (Å²) in [6.07, 6.45) is 13.8. The van der Waals surface area contributed by atoms with Crippen LogP contribution in [0, 0.1) is 12.8 Å². The lowest BCUT2D eigenvalue weighted by atomic mass is 9.87. The Morgan fingerprint density at radius 1 is 1.03 bits per heavy atom. The number of thiazole rings is 1. The molecule has 0 saturated heterocycles. The van der Waals surface area contributed by atoms with Crippen LogP contribution in [0.4, 0.5) is 9.93 Å². The molecule has 1 amide bonds. The number of anilines is 1. The van der Waals surface area contributed by atoms with E-state index in [1.54, 1.807) is 31.7 Å². The second-order valence-corrected chi connectivity index (χ2v) is 10.6. The van der Waals surface area contributed by atoms with E-state index in [0.717, 1.165) is 39.8 Å². The molecule has 1 aromatic carbocycles. The number of aryl methyl sites for hydroxylation is 1. The molecule has 0 aliphatic heterocycles. The van der Waals surface area contributed by atoms with E-state index in [9.17, 15) is 4.79 Å². The predicted molar refractivity (Wildman–Crippen MR) is 152 cm³/mol. The first-order valence-electron chi connectivity index (χ1n) is 13.4. The maximum atomic E-state index is 11.9. The lowest BCUT2D eigenvalue weighted by Crippen LogP contribution is -2.12. The van der Waals surface area contributed by atoms with E-state index in [1.807, 2.05) is 18.2 Å². The lowest BCUT2D eigenvalue weighted by Gasteiger charge is -2.21. The SMILES string of the molecule is CCOC(=O)Nc1ncc(-c2cc(-c3cc(OCCC4CCCCC4)ccc3C)nc(-c3cnccn3)n2)s1. The van der Waals surface area contributed by atoms with Crippen molar-refractivity contribution in [3.63, 3.8) is 0 Å². The fourth-order valence-corrected chi connectivity index (χ4v) is 5.49. The molecule has 1 saturated carbocycles. The van der Waals surface area contributed by atoms with Crippen LogP contribution in [0.1, 0.15) is 51.0 Å². The van der Waals surface area contributed by atoms with Gasteiger partial charge >= 0.3 is 6.09 Å². The van der Waals surface area contributed by atoms with Crippen LogP contribution in [-0.4, -0.2) is 44.2 Å². The molecule has 1 aliphatic carbocycles. The van der Waals surface area contributed by atoms with Gasteiger partial charge in [-0.1, -0.05) is 49.5 Å². The summed E-state index contributed by atoms with van der Waals surface area (Å²) in [7, 11) is 0.